The molecule has 3 nitrogen and oxygen atoms in total. The van der Waals surface area contributed by atoms with E-state index in [2.05, 4.69) is 9.72 Å². The molecule has 1 rings (SSSR count). The van der Waals surface area contributed by atoms with E-state index < -0.39 is 30.8 Å². The highest BCUT2D eigenvalue weighted by atomic mass is 127. The van der Waals surface area contributed by atoms with Crippen molar-refractivity contribution in [2.45, 2.75) is 19.4 Å². The number of aromatic nitrogens is 1. The lowest BCUT2D eigenvalue weighted by molar-refractivity contribution is -0.276. The van der Waals surface area contributed by atoms with Gasteiger partial charge in [-0.3, -0.25) is 0 Å². The van der Waals surface area contributed by atoms with Gasteiger partial charge in [-0.05, 0) is 28.2 Å². The maximum atomic E-state index is 12.5. The molecule has 0 aromatic carbocycles. The molecule has 1 aromatic heterocycles. The van der Waals surface area contributed by atoms with Crippen LogP contribution in [-0.4, -0.2) is 16.5 Å². The van der Waals surface area contributed by atoms with Crippen molar-refractivity contribution in [1.82, 2.24) is 4.98 Å². The first-order valence-electron chi connectivity index (χ1n) is 4.08. The Balaban J connectivity index is 3.18. The van der Waals surface area contributed by atoms with E-state index in [1.54, 1.807) is 0 Å². The van der Waals surface area contributed by atoms with Gasteiger partial charge in [0.1, 0.15) is 3.70 Å². The molecule has 1 aromatic rings. The van der Waals surface area contributed by atoms with E-state index in [0.717, 1.165) is 0 Å². The number of aliphatic hydroxyl groups is 1. The van der Waals surface area contributed by atoms with Crippen LogP contribution < -0.4 is 4.74 Å². The minimum atomic E-state index is -4.96. The van der Waals surface area contributed by atoms with Crippen LogP contribution >= 0.6 is 22.6 Å². The van der Waals surface area contributed by atoms with Crippen molar-refractivity contribution in [3.8, 4) is 5.88 Å². The predicted octanol–water partition coefficient (Wildman–Crippen LogP) is 3.01. The number of hydrogen-bond acceptors (Lipinski definition) is 3. The van der Waals surface area contributed by atoms with Crippen molar-refractivity contribution < 1.29 is 31.8 Å². The smallest absolute Gasteiger partial charge is 0.392 e. The average molecular weight is 369 g/mol. The maximum Gasteiger partial charge on any atom is 0.574 e. The van der Waals surface area contributed by atoms with Crippen molar-refractivity contribution in [1.29, 1.82) is 0 Å². The fourth-order valence-corrected chi connectivity index (χ4v) is 1.90. The lowest BCUT2D eigenvalue weighted by atomic mass is 10.1. The molecule has 0 saturated heterocycles. The van der Waals surface area contributed by atoms with Crippen molar-refractivity contribution in [2.75, 3.05) is 0 Å². The van der Waals surface area contributed by atoms with Crippen LogP contribution in [0.2, 0.25) is 0 Å². The first-order valence-corrected chi connectivity index (χ1v) is 5.16. The third-order valence-electron chi connectivity index (χ3n) is 1.68. The Bertz CT molecular complexity index is 410. The summed E-state index contributed by atoms with van der Waals surface area (Å²) in [5, 5.41) is 8.81. The number of hydrogen-bond donors (Lipinski definition) is 1. The summed E-state index contributed by atoms with van der Waals surface area (Å²) in [5.74, 6) is -0.879. The highest BCUT2D eigenvalue weighted by Gasteiger charge is 2.32. The summed E-state index contributed by atoms with van der Waals surface area (Å²) >= 11 is 1.35. The number of rotatable bonds is 3. The van der Waals surface area contributed by atoms with Crippen LogP contribution in [0.1, 0.15) is 17.6 Å². The van der Waals surface area contributed by atoms with Crippen LogP contribution in [0.3, 0.4) is 0 Å². The van der Waals surface area contributed by atoms with E-state index in [4.69, 9.17) is 5.11 Å². The SMILES string of the molecule is OCc1cc(OC(F)(F)F)nc(I)c1C(F)F. The summed E-state index contributed by atoms with van der Waals surface area (Å²) in [4.78, 5) is 3.24. The number of aliphatic hydroxyl groups excluding tert-OH is 1. The van der Waals surface area contributed by atoms with Crippen molar-refractivity contribution in [2.24, 2.45) is 0 Å². The highest BCUT2D eigenvalue weighted by Crippen LogP contribution is 2.31. The molecule has 0 atom stereocenters. The van der Waals surface area contributed by atoms with Crippen molar-refractivity contribution in [3.05, 3.63) is 20.9 Å². The van der Waals surface area contributed by atoms with E-state index in [1.807, 2.05) is 0 Å². The van der Waals surface area contributed by atoms with E-state index >= 15 is 0 Å². The molecule has 1 heterocycles. The summed E-state index contributed by atoms with van der Waals surface area (Å²) in [7, 11) is 0. The molecule has 0 fully saturated rings. The average Bonchev–Trinajstić information content (AvgIpc) is 2.12. The second-order valence-electron chi connectivity index (χ2n) is 2.83. The standard InChI is InChI=1S/C8H5F5INO2/c9-6(10)5-3(2-16)1-4(15-7(5)14)17-8(11,12)13/h1,6,16H,2H2. The van der Waals surface area contributed by atoms with Crippen LogP contribution in [0.15, 0.2) is 6.07 Å². The van der Waals surface area contributed by atoms with Gasteiger partial charge < -0.3 is 9.84 Å². The van der Waals surface area contributed by atoms with Crippen LogP contribution in [0, 0.1) is 3.70 Å². The topological polar surface area (TPSA) is 42.4 Å². The van der Waals surface area contributed by atoms with E-state index in [9.17, 15) is 22.0 Å². The molecule has 0 aliphatic rings. The van der Waals surface area contributed by atoms with Gasteiger partial charge in [0.15, 0.2) is 0 Å². The molecule has 0 saturated carbocycles. The number of nitrogens with zero attached hydrogens (tertiary/aromatic N) is 1. The normalized spacial score (nSPS) is 12.0. The molecule has 0 aliphatic carbocycles. The largest absolute Gasteiger partial charge is 0.574 e. The Morgan fingerprint density at radius 2 is 2.00 bits per heavy atom. The first-order chi connectivity index (χ1) is 7.74. The van der Waals surface area contributed by atoms with Gasteiger partial charge in [0.2, 0.25) is 5.88 Å². The predicted molar refractivity (Wildman–Crippen MR) is 54.5 cm³/mol. The maximum absolute atomic E-state index is 12.5. The van der Waals surface area contributed by atoms with Crippen molar-refractivity contribution >= 4 is 22.6 Å². The molecule has 0 aliphatic heterocycles. The zero-order valence-electron chi connectivity index (χ0n) is 7.93. The zero-order chi connectivity index (χ0) is 13.2. The summed E-state index contributed by atoms with van der Waals surface area (Å²) in [6.07, 6.45) is -7.90. The molecule has 0 radical (unpaired) electrons. The molecule has 9 heteroatoms. The quantitative estimate of drug-likeness (QED) is 0.506. The monoisotopic (exact) mass is 369 g/mol. The Labute approximate surface area is 106 Å². The van der Waals surface area contributed by atoms with Crippen LogP contribution in [0.25, 0.3) is 0 Å². The van der Waals surface area contributed by atoms with Gasteiger partial charge in [-0.15, -0.1) is 13.2 Å². The molecule has 17 heavy (non-hydrogen) atoms. The second kappa shape index (κ2) is 5.29. The Kier molecular flexibility index (Phi) is 4.47. The zero-order valence-corrected chi connectivity index (χ0v) is 10.1. The fourth-order valence-electron chi connectivity index (χ4n) is 1.08. The highest BCUT2D eigenvalue weighted by molar-refractivity contribution is 14.1. The van der Waals surface area contributed by atoms with Crippen LogP contribution in [-0.2, 0) is 6.61 Å². The van der Waals surface area contributed by atoms with Crippen LogP contribution in [0.5, 0.6) is 5.88 Å². The fraction of sp³-hybridized carbons (Fsp3) is 0.375. The Morgan fingerprint density at radius 3 is 2.41 bits per heavy atom. The van der Waals surface area contributed by atoms with Gasteiger partial charge in [-0.25, -0.2) is 13.8 Å². The number of halogens is 6. The molecule has 96 valence electrons. The number of pyridine rings is 1. The minimum Gasteiger partial charge on any atom is -0.392 e. The van der Waals surface area contributed by atoms with E-state index in [-0.39, 0.29) is 9.26 Å². The van der Waals surface area contributed by atoms with Gasteiger partial charge >= 0.3 is 6.36 Å². The molecule has 0 amide bonds. The molecule has 0 unspecified atom stereocenters. The molecular formula is C8H5F5INO2. The molecule has 0 bridgehead atoms. The van der Waals surface area contributed by atoms with E-state index in [1.165, 1.54) is 22.6 Å². The summed E-state index contributed by atoms with van der Waals surface area (Å²) in [6, 6.07) is 0.636. The summed E-state index contributed by atoms with van der Waals surface area (Å²) < 4.78 is 63.9. The van der Waals surface area contributed by atoms with Gasteiger partial charge in [-0.1, -0.05) is 0 Å². The van der Waals surface area contributed by atoms with Gasteiger partial charge in [0.25, 0.3) is 6.43 Å². The molecular weight excluding hydrogens is 364 g/mol. The van der Waals surface area contributed by atoms with Gasteiger partial charge in [0, 0.05) is 6.07 Å². The lowest BCUT2D eigenvalue weighted by Crippen LogP contribution is -2.19. The first kappa shape index (κ1) is 14.4. The van der Waals surface area contributed by atoms with Crippen LogP contribution in [0.4, 0.5) is 22.0 Å². The molecule has 0 spiro atoms. The summed E-state index contributed by atoms with van der Waals surface area (Å²) in [5.41, 5.74) is -0.943. The number of alkyl halides is 5. The van der Waals surface area contributed by atoms with Crippen molar-refractivity contribution in [3.63, 3.8) is 0 Å². The second-order valence-corrected chi connectivity index (χ2v) is 3.85. The lowest BCUT2D eigenvalue weighted by Gasteiger charge is -2.12. The Hall–Kier alpha value is -0.710. The van der Waals surface area contributed by atoms with E-state index in [0.29, 0.717) is 6.07 Å². The van der Waals surface area contributed by atoms with Gasteiger partial charge in [0.05, 0.1) is 12.2 Å². The third kappa shape index (κ3) is 3.91. The van der Waals surface area contributed by atoms with Gasteiger partial charge in [-0.2, -0.15) is 0 Å². The minimum absolute atomic E-state index is 0.344. The molecule has 1 N–H and O–H groups in total. The Morgan fingerprint density at radius 1 is 1.41 bits per heavy atom. The summed E-state index contributed by atoms with van der Waals surface area (Å²) in [6.45, 7) is -0.827. The third-order valence-corrected chi connectivity index (χ3v) is 2.51. The number of ether oxygens (including phenoxy) is 1.